The summed E-state index contributed by atoms with van der Waals surface area (Å²) in [5.41, 5.74) is 0. The van der Waals surface area contributed by atoms with Crippen LogP contribution in [-0.4, -0.2) is 49.8 Å². The van der Waals surface area contributed by atoms with Crippen molar-refractivity contribution in [2.24, 2.45) is 11.8 Å². The Morgan fingerprint density at radius 2 is 2.12 bits per heavy atom. The Bertz CT molecular complexity index is 234. The number of hydrogen-bond acceptors (Lipinski definition) is 3. The summed E-state index contributed by atoms with van der Waals surface area (Å²) in [5.74, 6) is 1.53. The van der Waals surface area contributed by atoms with Crippen LogP contribution in [0.15, 0.2) is 0 Å². The summed E-state index contributed by atoms with van der Waals surface area (Å²) in [5, 5.41) is 3.56. The molecule has 100 valence electrons. The fourth-order valence-corrected chi connectivity index (χ4v) is 3.25. The largest absolute Gasteiger partial charge is 0.379 e. The van der Waals surface area contributed by atoms with Gasteiger partial charge in [0.2, 0.25) is 0 Å². The maximum atomic E-state index is 5.64. The summed E-state index contributed by atoms with van der Waals surface area (Å²) in [6.45, 7) is 12.3. The van der Waals surface area contributed by atoms with Crippen LogP contribution in [0.5, 0.6) is 0 Å². The molecule has 4 unspecified atom stereocenters. The molecule has 0 aromatic carbocycles. The number of nitrogens with zero attached hydrogens (tertiary/aromatic N) is 1. The average molecular weight is 240 g/mol. The van der Waals surface area contributed by atoms with E-state index in [2.05, 4.69) is 31.0 Å². The van der Waals surface area contributed by atoms with E-state index >= 15 is 0 Å². The van der Waals surface area contributed by atoms with Gasteiger partial charge in [-0.15, -0.1) is 0 Å². The molecule has 2 aliphatic rings. The second-order valence-electron chi connectivity index (χ2n) is 5.82. The van der Waals surface area contributed by atoms with Gasteiger partial charge >= 0.3 is 0 Å². The van der Waals surface area contributed by atoms with Gasteiger partial charge in [0, 0.05) is 24.5 Å². The highest BCUT2D eigenvalue weighted by Gasteiger charge is 2.32. The van der Waals surface area contributed by atoms with E-state index in [9.17, 15) is 0 Å². The number of ether oxygens (including phenoxy) is 1. The predicted molar refractivity (Wildman–Crippen MR) is 71.2 cm³/mol. The molecule has 0 radical (unpaired) electrons. The van der Waals surface area contributed by atoms with Crippen molar-refractivity contribution < 1.29 is 4.74 Å². The van der Waals surface area contributed by atoms with Gasteiger partial charge in [-0.1, -0.05) is 13.8 Å². The van der Waals surface area contributed by atoms with Gasteiger partial charge in [0.05, 0.1) is 13.2 Å². The molecular weight excluding hydrogens is 212 g/mol. The van der Waals surface area contributed by atoms with Crippen molar-refractivity contribution in [1.82, 2.24) is 10.2 Å². The Morgan fingerprint density at radius 1 is 1.29 bits per heavy atom. The molecule has 0 aliphatic carbocycles. The first kappa shape index (κ1) is 13.3. The van der Waals surface area contributed by atoms with Gasteiger partial charge in [-0.2, -0.15) is 0 Å². The molecule has 2 rings (SSSR count). The lowest BCUT2D eigenvalue weighted by Gasteiger charge is -2.39. The van der Waals surface area contributed by atoms with Gasteiger partial charge in [-0.25, -0.2) is 0 Å². The SMILES string of the molecule is CCNC1COCC1CN1CCCC(C)C1C. The van der Waals surface area contributed by atoms with Crippen LogP contribution in [0.4, 0.5) is 0 Å². The van der Waals surface area contributed by atoms with Crippen molar-refractivity contribution >= 4 is 0 Å². The van der Waals surface area contributed by atoms with Crippen LogP contribution in [0, 0.1) is 11.8 Å². The Hall–Kier alpha value is -0.120. The van der Waals surface area contributed by atoms with E-state index in [-0.39, 0.29) is 0 Å². The van der Waals surface area contributed by atoms with Crippen molar-refractivity contribution in [1.29, 1.82) is 0 Å². The molecule has 0 spiro atoms. The second kappa shape index (κ2) is 6.17. The Labute approximate surface area is 106 Å². The van der Waals surface area contributed by atoms with Crippen molar-refractivity contribution in [2.75, 3.05) is 32.8 Å². The number of hydrogen-bond donors (Lipinski definition) is 1. The smallest absolute Gasteiger partial charge is 0.0623 e. The third kappa shape index (κ3) is 3.21. The van der Waals surface area contributed by atoms with Crippen LogP contribution < -0.4 is 5.32 Å². The highest BCUT2D eigenvalue weighted by Crippen LogP contribution is 2.25. The third-order valence-electron chi connectivity index (χ3n) is 4.64. The molecule has 2 fully saturated rings. The zero-order valence-corrected chi connectivity index (χ0v) is 11.6. The first-order chi connectivity index (χ1) is 8.22. The van der Waals surface area contributed by atoms with Crippen molar-refractivity contribution in [2.45, 2.75) is 45.7 Å². The van der Waals surface area contributed by atoms with Crippen molar-refractivity contribution in [3.05, 3.63) is 0 Å². The second-order valence-corrected chi connectivity index (χ2v) is 5.82. The van der Waals surface area contributed by atoms with Crippen LogP contribution in [0.1, 0.15) is 33.6 Å². The quantitative estimate of drug-likeness (QED) is 0.810. The molecule has 0 aromatic rings. The normalized spacial score (nSPS) is 39.7. The molecule has 0 amide bonds. The van der Waals surface area contributed by atoms with Crippen LogP contribution >= 0.6 is 0 Å². The lowest BCUT2D eigenvalue weighted by molar-refractivity contribution is 0.0870. The number of likely N-dealkylation sites (tertiary alicyclic amines) is 1. The molecule has 3 heteroatoms. The molecule has 1 N–H and O–H groups in total. The fraction of sp³-hybridized carbons (Fsp3) is 1.00. The number of likely N-dealkylation sites (N-methyl/N-ethyl adjacent to an activating group) is 1. The van der Waals surface area contributed by atoms with Crippen molar-refractivity contribution in [3.8, 4) is 0 Å². The fourth-order valence-electron chi connectivity index (χ4n) is 3.25. The summed E-state index contributed by atoms with van der Waals surface area (Å²) in [6, 6.07) is 1.32. The number of rotatable bonds is 4. The number of nitrogens with one attached hydrogen (secondary N) is 1. The molecule has 2 heterocycles. The van der Waals surface area contributed by atoms with E-state index < -0.39 is 0 Å². The van der Waals surface area contributed by atoms with Gasteiger partial charge in [0.1, 0.15) is 0 Å². The van der Waals surface area contributed by atoms with E-state index in [1.807, 2.05) is 0 Å². The van der Waals surface area contributed by atoms with E-state index in [4.69, 9.17) is 4.74 Å². The predicted octanol–water partition coefficient (Wildman–Crippen LogP) is 1.73. The van der Waals surface area contributed by atoms with Crippen LogP contribution in [0.3, 0.4) is 0 Å². The highest BCUT2D eigenvalue weighted by atomic mass is 16.5. The minimum absolute atomic E-state index is 0.574. The summed E-state index contributed by atoms with van der Waals surface area (Å²) in [7, 11) is 0. The van der Waals surface area contributed by atoms with Crippen LogP contribution in [0.2, 0.25) is 0 Å². The zero-order valence-electron chi connectivity index (χ0n) is 11.6. The van der Waals surface area contributed by atoms with Crippen molar-refractivity contribution in [3.63, 3.8) is 0 Å². The monoisotopic (exact) mass is 240 g/mol. The Kier molecular flexibility index (Phi) is 4.83. The summed E-state index contributed by atoms with van der Waals surface area (Å²) >= 11 is 0. The Morgan fingerprint density at radius 3 is 2.88 bits per heavy atom. The molecule has 0 bridgehead atoms. The minimum Gasteiger partial charge on any atom is -0.379 e. The van der Waals surface area contributed by atoms with Gasteiger partial charge in [-0.05, 0) is 38.8 Å². The van der Waals surface area contributed by atoms with Gasteiger partial charge in [0.25, 0.3) is 0 Å². The summed E-state index contributed by atoms with van der Waals surface area (Å²) in [6.07, 6.45) is 2.76. The molecule has 0 saturated carbocycles. The molecule has 3 nitrogen and oxygen atoms in total. The zero-order chi connectivity index (χ0) is 12.3. The first-order valence-corrected chi connectivity index (χ1v) is 7.27. The highest BCUT2D eigenvalue weighted by molar-refractivity contribution is 4.87. The van der Waals surface area contributed by atoms with E-state index in [0.717, 1.165) is 31.7 Å². The lowest BCUT2D eigenvalue weighted by Crippen LogP contribution is -2.48. The molecule has 17 heavy (non-hydrogen) atoms. The van der Waals surface area contributed by atoms with Gasteiger partial charge in [0.15, 0.2) is 0 Å². The maximum Gasteiger partial charge on any atom is 0.0623 e. The molecular formula is C14H28N2O. The van der Waals surface area contributed by atoms with E-state index in [1.54, 1.807) is 0 Å². The van der Waals surface area contributed by atoms with Gasteiger partial charge in [-0.3, -0.25) is 4.90 Å². The third-order valence-corrected chi connectivity index (χ3v) is 4.64. The molecule has 2 aliphatic heterocycles. The first-order valence-electron chi connectivity index (χ1n) is 7.27. The minimum atomic E-state index is 0.574. The number of piperidine rings is 1. The maximum absolute atomic E-state index is 5.64. The van der Waals surface area contributed by atoms with E-state index in [1.165, 1.54) is 25.9 Å². The average Bonchev–Trinajstić information content (AvgIpc) is 2.73. The molecule has 2 saturated heterocycles. The lowest BCUT2D eigenvalue weighted by atomic mass is 9.90. The van der Waals surface area contributed by atoms with E-state index in [0.29, 0.717) is 12.0 Å². The summed E-state index contributed by atoms with van der Waals surface area (Å²) in [4.78, 5) is 2.68. The molecule has 0 aromatic heterocycles. The van der Waals surface area contributed by atoms with Crippen LogP contribution in [0.25, 0.3) is 0 Å². The topological polar surface area (TPSA) is 24.5 Å². The standard InChI is InChI=1S/C14H28N2O/c1-4-15-14-10-17-9-13(14)8-16-7-5-6-11(2)12(16)3/h11-15H,4-10H2,1-3H3. The summed E-state index contributed by atoms with van der Waals surface area (Å²) < 4.78 is 5.64. The van der Waals surface area contributed by atoms with Crippen LogP contribution in [-0.2, 0) is 4.74 Å². The Balaban J connectivity index is 1.86. The van der Waals surface area contributed by atoms with Gasteiger partial charge < -0.3 is 10.1 Å². The molecule has 4 atom stereocenters.